The van der Waals surface area contributed by atoms with Gasteiger partial charge in [0.25, 0.3) is 0 Å². The van der Waals surface area contributed by atoms with E-state index in [-0.39, 0.29) is 11.9 Å². The molecule has 3 rings (SSSR count). The third-order valence-corrected chi connectivity index (χ3v) is 4.04. The van der Waals surface area contributed by atoms with Crippen molar-refractivity contribution in [3.63, 3.8) is 0 Å². The number of hydrogen-bond acceptors (Lipinski definition) is 3. The first-order chi connectivity index (χ1) is 10.1. The molecule has 0 spiro atoms. The van der Waals surface area contributed by atoms with Gasteiger partial charge in [0.05, 0.1) is 23.7 Å². The molecule has 2 aromatic carbocycles. The third-order valence-electron chi connectivity index (χ3n) is 3.43. The smallest absolute Gasteiger partial charge is 0.161 e. The largest absolute Gasteiger partial charge is 0.490 e. The van der Waals surface area contributed by atoms with Crippen molar-refractivity contribution in [3.8, 4) is 11.5 Å². The first kappa shape index (κ1) is 14.4. The maximum absolute atomic E-state index is 13.3. The van der Waals surface area contributed by atoms with Gasteiger partial charge in [-0.15, -0.1) is 0 Å². The van der Waals surface area contributed by atoms with Gasteiger partial charge in [0.2, 0.25) is 0 Å². The molecule has 3 nitrogen and oxygen atoms in total. The van der Waals surface area contributed by atoms with Crippen molar-refractivity contribution in [2.75, 3.05) is 13.2 Å². The van der Waals surface area contributed by atoms with Gasteiger partial charge in [-0.3, -0.25) is 0 Å². The van der Waals surface area contributed by atoms with Crippen molar-refractivity contribution in [2.24, 2.45) is 5.73 Å². The molecule has 1 aliphatic heterocycles. The summed E-state index contributed by atoms with van der Waals surface area (Å²) in [6.07, 6.45) is 0.862. The highest BCUT2D eigenvalue weighted by atomic mass is 79.9. The highest BCUT2D eigenvalue weighted by Gasteiger charge is 2.16. The van der Waals surface area contributed by atoms with E-state index in [2.05, 4.69) is 15.9 Å². The monoisotopic (exact) mass is 351 g/mol. The molecule has 1 atom stereocenters. The normalized spacial score (nSPS) is 15.4. The van der Waals surface area contributed by atoms with Gasteiger partial charge in [-0.2, -0.15) is 0 Å². The minimum absolute atomic E-state index is 0.301. The summed E-state index contributed by atoms with van der Waals surface area (Å²) in [5.74, 6) is 1.15. The zero-order valence-corrected chi connectivity index (χ0v) is 12.9. The van der Waals surface area contributed by atoms with E-state index in [1.807, 2.05) is 18.2 Å². The predicted octanol–water partition coefficient (Wildman–Crippen LogP) is 3.80. The molecule has 2 aromatic rings. The Bertz CT molecular complexity index is 663. The van der Waals surface area contributed by atoms with Crippen LogP contribution in [0.3, 0.4) is 0 Å². The highest BCUT2D eigenvalue weighted by molar-refractivity contribution is 9.10. The molecule has 0 saturated heterocycles. The van der Waals surface area contributed by atoms with E-state index >= 15 is 0 Å². The maximum Gasteiger partial charge on any atom is 0.161 e. The minimum atomic E-state index is -0.348. The van der Waals surface area contributed by atoms with Crippen LogP contribution in [-0.2, 0) is 0 Å². The van der Waals surface area contributed by atoms with E-state index < -0.39 is 0 Å². The zero-order valence-electron chi connectivity index (χ0n) is 11.3. The van der Waals surface area contributed by atoms with Crippen molar-refractivity contribution in [2.45, 2.75) is 12.5 Å². The Balaban J connectivity index is 1.92. The Kier molecular flexibility index (Phi) is 4.12. The van der Waals surface area contributed by atoms with Gasteiger partial charge in [0, 0.05) is 6.42 Å². The Morgan fingerprint density at radius 1 is 1.00 bits per heavy atom. The van der Waals surface area contributed by atoms with Crippen molar-refractivity contribution in [1.82, 2.24) is 0 Å². The summed E-state index contributed by atoms with van der Waals surface area (Å²) in [6.45, 7) is 1.29. The molecule has 0 fully saturated rings. The zero-order chi connectivity index (χ0) is 14.8. The molecule has 0 aromatic heterocycles. The predicted molar refractivity (Wildman–Crippen MR) is 82.2 cm³/mol. The van der Waals surface area contributed by atoms with Crippen LogP contribution in [0.15, 0.2) is 40.9 Å². The molecule has 1 unspecified atom stereocenters. The molecule has 0 aliphatic carbocycles. The van der Waals surface area contributed by atoms with Gasteiger partial charge < -0.3 is 15.2 Å². The Morgan fingerprint density at radius 3 is 2.43 bits per heavy atom. The summed E-state index contributed by atoms with van der Waals surface area (Å²) in [6, 6.07) is 10.1. The lowest BCUT2D eigenvalue weighted by atomic mass is 9.99. The number of fused-ring (bicyclic) bond motifs is 1. The fraction of sp³-hybridized carbons (Fsp3) is 0.250. The highest BCUT2D eigenvalue weighted by Crippen LogP contribution is 2.33. The quantitative estimate of drug-likeness (QED) is 0.894. The van der Waals surface area contributed by atoms with Crippen LogP contribution >= 0.6 is 15.9 Å². The van der Waals surface area contributed by atoms with Gasteiger partial charge in [0.1, 0.15) is 5.82 Å². The topological polar surface area (TPSA) is 44.5 Å². The lowest BCUT2D eigenvalue weighted by Gasteiger charge is -2.15. The number of halogens is 2. The van der Waals surface area contributed by atoms with Gasteiger partial charge in [0.15, 0.2) is 11.5 Å². The van der Waals surface area contributed by atoms with Crippen LogP contribution in [0.4, 0.5) is 4.39 Å². The lowest BCUT2D eigenvalue weighted by Crippen LogP contribution is -2.12. The summed E-state index contributed by atoms with van der Waals surface area (Å²) < 4.78 is 25.0. The van der Waals surface area contributed by atoms with Crippen LogP contribution in [0.25, 0.3) is 0 Å². The van der Waals surface area contributed by atoms with Gasteiger partial charge in [-0.25, -0.2) is 4.39 Å². The average Bonchev–Trinajstić information content (AvgIpc) is 2.73. The third kappa shape index (κ3) is 3.04. The van der Waals surface area contributed by atoms with Crippen molar-refractivity contribution >= 4 is 15.9 Å². The van der Waals surface area contributed by atoms with E-state index in [1.54, 1.807) is 12.1 Å². The van der Waals surface area contributed by atoms with Gasteiger partial charge in [-0.05, 0) is 51.3 Å². The molecule has 2 N–H and O–H groups in total. The molecule has 0 bridgehead atoms. The van der Waals surface area contributed by atoms with Crippen molar-refractivity contribution in [1.29, 1.82) is 0 Å². The van der Waals surface area contributed by atoms with Crippen LogP contribution in [-0.4, -0.2) is 13.2 Å². The molecule has 21 heavy (non-hydrogen) atoms. The summed E-state index contributed by atoms with van der Waals surface area (Å²) in [5.41, 5.74) is 8.00. The molecular formula is C16H15BrFNO2. The molecule has 0 amide bonds. The summed E-state index contributed by atoms with van der Waals surface area (Å²) >= 11 is 3.18. The summed E-state index contributed by atoms with van der Waals surface area (Å²) in [5, 5.41) is 0. The standard InChI is InChI=1S/C16H15BrFNO2/c17-12-8-10(2-4-13(12)18)16(19)11-3-5-14-15(9-11)21-7-1-6-20-14/h2-5,8-9,16H,1,6-7,19H2. The van der Waals surface area contributed by atoms with E-state index in [0.717, 1.165) is 23.3 Å². The van der Waals surface area contributed by atoms with Crippen molar-refractivity contribution < 1.29 is 13.9 Å². The number of hydrogen-bond donors (Lipinski definition) is 1. The van der Waals surface area contributed by atoms with Crippen LogP contribution in [0, 0.1) is 5.82 Å². The molecule has 110 valence electrons. The molecule has 0 radical (unpaired) electrons. The Hall–Kier alpha value is -1.59. The average molecular weight is 352 g/mol. The number of benzene rings is 2. The molecule has 5 heteroatoms. The fourth-order valence-electron chi connectivity index (χ4n) is 2.27. The number of rotatable bonds is 2. The van der Waals surface area contributed by atoms with E-state index in [4.69, 9.17) is 15.2 Å². The first-order valence-corrected chi connectivity index (χ1v) is 7.54. The number of nitrogens with two attached hydrogens (primary N) is 1. The summed E-state index contributed by atoms with van der Waals surface area (Å²) in [7, 11) is 0. The maximum atomic E-state index is 13.3. The molecular weight excluding hydrogens is 337 g/mol. The van der Waals surface area contributed by atoms with Gasteiger partial charge >= 0.3 is 0 Å². The summed E-state index contributed by atoms with van der Waals surface area (Å²) in [4.78, 5) is 0. The van der Waals surface area contributed by atoms with Crippen LogP contribution in [0.5, 0.6) is 11.5 Å². The van der Waals surface area contributed by atoms with Gasteiger partial charge in [-0.1, -0.05) is 12.1 Å². The van der Waals surface area contributed by atoms with Crippen LogP contribution in [0.2, 0.25) is 0 Å². The van der Waals surface area contributed by atoms with Crippen molar-refractivity contribution in [3.05, 3.63) is 57.8 Å². The second-order valence-electron chi connectivity index (χ2n) is 4.91. The molecule has 1 aliphatic rings. The van der Waals surface area contributed by atoms with E-state index in [1.165, 1.54) is 6.07 Å². The first-order valence-electron chi connectivity index (χ1n) is 6.75. The minimum Gasteiger partial charge on any atom is -0.490 e. The number of ether oxygens (including phenoxy) is 2. The van der Waals surface area contributed by atoms with E-state index in [0.29, 0.717) is 23.4 Å². The SMILES string of the molecule is NC(c1ccc(F)c(Br)c1)c1ccc2c(c1)OCCCO2. The second kappa shape index (κ2) is 6.03. The second-order valence-corrected chi connectivity index (χ2v) is 5.76. The molecule has 1 heterocycles. The van der Waals surface area contributed by atoms with Crippen LogP contribution < -0.4 is 15.2 Å². The lowest BCUT2D eigenvalue weighted by molar-refractivity contribution is 0.297. The van der Waals surface area contributed by atoms with Crippen LogP contribution in [0.1, 0.15) is 23.6 Å². The van der Waals surface area contributed by atoms with E-state index in [9.17, 15) is 4.39 Å². The molecule has 0 saturated carbocycles. The Morgan fingerprint density at radius 2 is 1.67 bits per heavy atom. The fourth-order valence-corrected chi connectivity index (χ4v) is 2.67. The Labute approximate surface area is 131 Å².